The van der Waals surface area contributed by atoms with Gasteiger partial charge >= 0.3 is 0 Å². The number of fused-ring (bicyclic) bond motifs is 2. The summed E-state index contributed by atoms with van der Waals surface area (Å²) in [6.45, 7) is 1.65. The number of carbonyl (C=O) groups is 1. The maximum Gasteiger partial charge on any atom is 0.240 e. The minimum absolute atomic E-state index is 0.0691. The van der Waals surface area contributed by atoms with Gasteiger partial charge in [-0.1, -0.05) is 12.8 Å². The summed E-state index contributed by atoms with van der Waals surface area (Å²) < 4.78 is 24.7. The van der Waals surface area contributed by atoms with E-state index in [1.807, 2.05) is 0 Å². The highest BCUT2D eigenvalue weighted by molar-refractivity contribution is 7.88. The summed E-state index contributed by atoms with van der Waals surface area (Å²) in [5, 5.41) is 3.60. The van der Waals surface area contributed by atoms with Crippen molar-refractivity contribution < 1.29 is 13.2 Å². The van der Waals surface area contributed by atoms with Crippen molar-refractivity contribution in [2.24, 2.45) is 0 Å². The molecule has 0 unspecified atom stereocenters. The molecule has 1 saturated heterocycles. The fourth-order valence-corrected chi connectivity index (χ4v) is 5.34. The Morgan fingerprint density at radius 2 is 1.92 bits per heavy atom. The fourth-order valence-electron chi connectivity index (χ4n) is 4.52. The Bertz CT molecular complexity index is 760. The third kappa shape index (κ3) is 2.98. The predicted molar refractivity (Wildman–Crippen MR) is 92.4 cm³/mol. The van der Waals surface area contributed by atoms with Gasteiger partial charge in [-0.3, -0.25) is 10.1 Å². The Morgan fingerprint density at radius 3 is 2.56 bits per heavy atom. The second-order valence-electron chi connectivity index (χ2n) is 7.41. The van der Waals surface area contributed by atoms with E-state index in [1.54, 1.807) is 11.2 Å². The monoisotopic (exact) mass is 367 g/mol. The maximum atomic E-state index is 13.0. The van der Waals surface area contributed by atoms with Gasteiger partial charge in [0, 0.05) is 38.3 Å². The van der Waals surface area contributed by atoms with E-state index in [0.29, 0.717) is 32.6 Å². The molecule has 0 aromatic carbocycles. The van der Waals surface area contributed by atoms with Crippen LogP contribution in [0.25, 0.3) is 0 Å². The molecule has 1 aromatic rings. The molecule has 0 radical (unpaired) electrons. The molecular formula is C16H25N5O3S. The lowest BCUT2D eigenvalue weighted by Crippen LogP contribution is -2.60. The lowest BCUT2D eigenvalue weighted by molar-refractivity contribution is -0.135. The number of rotatable bonds is 2. The highest BCUT2D eigenvalue weighted by Crippen LogP contribution is 2.42. The predicted octanol–water partition coefficient (Wildman–Crippen LogP) is -0.203. The van der Waals surface area contributed by atoms with E-state index >= 15 is 0 Å². The van der Waals surface area contributed by atoms with Gasteiger partial charge in [-0.2, -0.15) is 4.31 Å². The van der Waals surface area contributed by atoms with Gasteiger partial charge in [-0.25, -0.2) is 13.4 Å². The van der Waals surface area contributed by atoms with E-state index in [2.05, 4.69) is 15.3 Å². The van der Waals surface area contributed by atoms with E-state index in [9.17, 15) is 13.2 Å². The number of piperazine rings is 1. The third-order valence-electron chi connectivity index (χ3n) is 5.80. The van der Waals surface area contributed by atoms with Crippen LogP contribution >= 0.6 is 0 Å². The molecule has 1 aromatic heterocycles. The SMILES string of the molecule is CS(=O)(=O)N1CCN(C(=O)[C@@H]2Cc3[nH]cnc3C3(CCCC3)N2)CC1. The molecule has 2 fully saturated rings. The fraction of sp³-hybridized carbons (Fsp3) is 0.750. The van der Waals surface area contributed by atoms with Gasteiger partial charge in [0.15, 0.2) is 0 Å². The zero-order valence-electron chi connectivity index (χ0n) is 14.5. The average molecular weight is 367 g/mol. The Kier molecular flexibility index (Phi) is 4.12. The van der Waals surface area contributed by atoms with E-state index in [1.165, 1.54) is 10.6 Å². The van der Waals surface area contributed by atoms with Crippen molar-refractivity contribution in [3.05, 3.63) is 17.7 Å². The van der Waals surface area contributed by atoms with Crippen LogP contribution in [-0.4, -0.2) is 72.0 Å². The molecule has 4 rings (SSSR count). The number of carbonyl (C=O) groups excluding carboxylic acids is 1. The highest BCUT2D eigenvalue weighted by Gasteiger charge is 2.46. The molecule has 8 nitrogen and oxygen atoms in total. The molecule has 1 amide bonds. The van der Waals surface area contributed by atoms with Crippen LogP contribution < -0.4 is 5.32 Å². The van der Waals surface area contributed by atoms with Crippen molar-refractivity contribution in [2.45, 2.75) is 43.7 Å². The molecule has 25 heavy (non-hydrogen) atoms. The second kappa shape index (κ2) is 6.07. The molecule has 9 heteroatoms. The number of sulfonamides is 1. The first kappa shape index (κ1) is 17.0. The van der Waals surface area contributed by atoms with Crippen LogP contribution in [0, 0.1) is 0 Å². The van der Waals surface area contributed by atoms with Crippen LogP contribution in [-0.2, 0) is 26.8 Å². The van der Waals surface area contributed by atoms with Crippen molar-refractivity contribution >= 4 is 15.9 Å². The Morgan fingerprint density at radius 1 is 1.24 bits per heavy atom. The van der Waals surface area contributed by atoms with Gasteiger partial charge in [-0.05, 0) is 12.8 Å². The van der Waals surface area contributed by atoms with Gasteiger partial charge in [0.05, 0.1) is 29.9 Å². The molecular weight excluding hydrogens is 342 g/mol. The first-order valence-corrected chi connectivity index (χ1v) is 10.8. The van der Waals surface area contributed by atoms with E-state index in [4.69, 9.17) is 0 Å². The summed E-state index contributed by atoms with van der Waals surface area (Å²) in [5.74, 6) is 0.0691. The van der Waals surface area contributed by atoms with Gasteiger partial charge < -0.3 is 9.88 Å². The highest BCUT2D eigenvalue weighted by atomic mass is 32.2. The van der Waals surface area contributed by atoms with Crippen molar-refractivity contribution in [2.75, 3.05) is 32.4 Å². The summed E-state index contributed by atoms with van der Waals surface area (Å²) in [4.78, 5) is 22.6. The van der Waals surface area contributed by atoms with Crippen molar-refractivity contribution in [1.82, 2.24) is 24.5 Å². The van der Waals surface area contributed by atoms with Crippen LogP contribution in [0.2, 0.25) is 0 Å². The summed E-state index contributed by atoms with van der Waals surface area (Å²) in [6, 6.07) is -0.268. The van der Waals surface area contributed by atoms with Crippen LogP contribution in [0.15, 0.2) is 6.33 Å². The van der Waals surface area contributed by atoms with Crippen LogP contribution in [0.3, 0.4) is 0 Å². The number of aromatic amines is 1. The van der Waals surface area contributed by atoms with Crippen molar-refractivity contribution in [3.63, 3.8) is 0 Å². The van der Waals surface area contributed by atoms with Crippen molar-refractivity contribution in [3.8, 4) is 0 Å². The van der Waals surface area contributed by atoms with E-state index < -0.39 is 10.0 Å². The largest absolute Gasteiger partial charge is 0.348 e. The molecule has 3 heterocycles. The smallest absolute Gasteiger partial charge is 0.240 e. The van der Waals surface area contributed by atoms with Crippen molar-refractivity contribution in [1.29, 1.82) is 0 Å². The molecule has 3 aliphatic rings. The lowest BCUT2D eigenvalue weighted by atomic mass is 9.84. The minimum Gasteiger partial charge on any atom is -0.348 e. The lowest BCUT2D eigenvalue weighted by Gasteiger charge is -2.41. The van der Waals surface area contributed by atoms with Gasteiger partial charge in [0.2, 0.25) is 15.9 Å². The first-order chi connectivity index (χ1) is 11.9. The number of hydrogen-bond acceptors (Lipinski definition) is 5. The van der Waals surface area contributed by atoms with Crippen LogP contribution in [0.1, 0.15) is 37.1 Å². The molecule has 1 atom stereocenters. The molecule has 1 aliphatic carbocycles. The molecule has 2 N–H and O–H groups in total. The molecule has 2 aliphatic heterocycles. The second-order valence-corrected chi connectivity index (χ2v) is 9.39. The zero-order valence-corrected chi connectivity index (χ0v) is 15.3. The topological polar surface area (TPSA) is 98.4 Å². The van der Waals surface area contributed by atoms with Gasteiger partial charge in [0.1, 0.15) is 0 Å². The average Bonchev–Trinajstić information content (AvgIpc) is 3.24. The number of hydrogen-bond donors (Lipinski definition) is 2. The van der Waals surface area contributed by atoms with Crippen LogP contribution in [0.5, 0.6) is 0 Å². The normalized spacial score (nSPS) is 26.8. The molecule has 0 bridgehead atoms. The number of aromatic nitrogens is 2. The maximum absolute atomic E-state index is 13.0. The van der Waals surface area contributed by atoms with Gasteiger partial charge in [0.25, 0.3) is 0 Å². The summed E-state index contributed by atoms with van der Waals surface area (Å²) >= 11 is 0. The minimum atomic E-state index is -3.18. The van der Waals surface area contributed by atoms with E-state index in [-0.39, 0.29) is 17.5 Å². The quantitative estimate of drug-likeness (QED) is 0.754. The zero-order chi connectivity index (χ0) is 17.7. The third-order valence-corrected chi connectivity index (χ3v) is 7.11. The molecule has 1 saturated carbocycles. The Labute approximate surface area is 148 Å². The molecule has 1 spiro atoms. The standard InChI is InChI=1S/C16H25N5O3S/c1-25(23,24)21-8-6-20(7-9-21)15(22)13-10-12-14(18-11-17-12)16(19-13)4-2-3-5-16/h11,13,19H,2-10H2,1H3,(H,17,18)/t13-/m0/s1. The number of amides is 1. The number of nitrogens with one attached hydrogen (secondary N) is 2. The molecule has 138 valence electrons. The van der Waals surface area contributed by atoms with E-state index in [0.717, 1.165) is 37.1 Å². The summed E-state index contributed by atoms with van der Waals surface area (Å²) in [6.07, 6.45) is 7.87. The number of imidazole rings is 1. The van der Waals surface area contributed by atoms with Gasteiger partial charge in [-0.15, -0.1) is 0 Å². The number of nitrogens with zero attached hydrogens (tertiary/aromatic N) is 3. The Balaban J connectivity index is 1.49. The first-order valence-electron chi connectivity index (χ1n) is 8.93. The Hall–Kier alpha value is -1.45. The summed E-state index contributed by atoms with van der Waals surface area (Å²) in [5.41, 5.74) is 1.97. The summed E-state index contributed by atoms with van der Waals surface area (Å²) in [7, 11) is -3.18. The van der Waals surface area contributed by atoms with Crippen LogP contribution in [0.4, 0.5) is 0 Å². The number of H-pyrrole nitrogens is 1.